The Morgan fingerprint density at radius 2 is 2.18 bits per heavy atom. The van der Waals surface area contributed by atoms with Gasteiger partial charge in [-0.2, -0.15) is 0 Å². The van der Waals surface area contributed by atoms with Gasteiger partial charge in [0.25, 0.3) is 0 Å². The second-order valence-electron chi connectivity index (χ2n) is 2.40. The number of hydrogen-bond donors (Lipinski definition) is 2. The van der Waals surface area contributed by atoms with Gasteiger partial charge in [0, 0.05) is 5.69 Å². The van der Waals surface area contributed by atoms with Gasteiger partial charge >= 0.3 is 0 Å². The largest absolute Gasteiger partial charge is 0.399 e. The van der Waals surface area contributed by atoms with Gasteiger partial charge in [0.15, 0.2) is 0 Å². The lowest BCUT2D eigenvalue weighted by Gasteiger charge is -1.94. The minimum absolute atomic E-state index is 0.705. The molecule has 4 heteroatoms. The van der Waals surface area contributed by atoms with Crippen LogP contribution in [0.1, 0.15) is 0 Å². The van der Waals surface area contributed by atoms with Gasteiger partial charge in [-0.25, -0.2) is 9.66 Å². The SMILES string of the molecule is Nc1ccc2c(c1)ncn2N. The Morgan fingerprint density at radius 3 is 3.00 bits per heavy atom. The average Bonchev–Trinajstić information content (AvgIpc) is 2.32. The van der Waals surface area contributed by atoms with Crippen molar-refractivity contribution in [3.05, 3.63) is 24.5 Å². The molecular weight excluding hydrogens is 140 g/mol. The normalized spacial score (nSPS) is 10.5. The summed E-state index contributed by atoms with van der Waals surface area (Å²) in [4.78, 5) is 4.04. The van der Waals surface area contributed by atoms with Crippen molar-refractivity contribution in [3.63, 3.8) is 0 Å². The Bertz CT molecular complexity index is 390. The molecule has 2 rings (SSSR count). The fourth-order valence-electron chi connectivity index (χ4n) is 1.05. The van der Waals surface area contributed by atoms with Gasteiger partial charge in [-0.15, -0.1) is 0 Å². The molecule has 0 spiro atoms. The topological polar surface area (TPSA) is 69.9 Å². The summed E-state index contributed by atoms with van der Waals surface area (Å²) >= 11 is 0. The fourth-order valence-corrected chi connectivity index (χ4v) is 1.05. The molecule has 0 amide bonds. The lowest BCUT2D eigenvalue weighted by Crippen LogP contribution is -2.04. The molecule has 0 unspecified atom stereocenters. The molecule has 11 heavy (non-hydrogen) atoms. The van der Waals surface area contributed by atoms with E-state index in [-0.39, 0.29) is 0 Å². The molecule has 0 saturated heterocycles. The Hall–Kier alpha value is -1.71. The standard InChI is InChI=1S/C7H8N4/c8-5-1-2-7-6(3-5)10-4-11(7)9/h1-4H,8-9H2. The molecule has 4 nitrogen and oxygen atoms in total. The van der Waals surface area contributed by atoms with Crippen LogP contribution in [0.5, 0.6) is 0 Å². The van der Waals surface area contributed by atoms with Crippen LogP contribution < -0.4 is 11.6 Å². The van der Waals surface area contributed by atoms with Crippen LogP contribution in [0.4, 0.5) is 5.69 Å². The summed E-state index contributed by atoms with van der Waals surface area (Å²) in [6.45, 7) is 0. The Labute approximate surface area is 63.4 Å². The molecular formula is C7H8N4. The Morgan fingerprint density at radius 1 is 1.36 bits per heavy atom. The molecule has 0 bridgehead atoms. The van der Waals surface area contributed by atoms with Crippen LogP contribution >= 0.6 is 0 Å². The highest BCUT2D eigenvalue weighted by Gasteiger charge is 1.98. The number of rotatable bonds is 0. The molecule has 0 atom stereocenters. The summed E-state index contributed by atoms with van der Waals surface area (Å²) in [5.74, 6) is 5.54. The van der Waals surface area contributed by atoms with Crippen molar-refractivity contribution in [3.8, 4) is 0 Å². The number of nitrogens with two attached hydrogens (primary N) is 2. The summed E-state index contributed by atoms with van der Waals surface area (Å²) in [6, 6.07) is 5.43. The third-order valence-electron chi connectivity index (χ3n) is 1.60. The number of anilines is 1. The summed E-state index contributed by atoms with van der Waals surface area (Å²) in [7, 11) is 0. The Balaban J connectivity index is 2.86. The summed E-state index contributed by atoms with van der Waals surface area (Å²) in [5, 5.41) is 0. The fraction of sp³-hybridized carbons (Fsp3) is 0. The van der Waals surface area contributed by atoms with E-state index in [1.807, 2.05) is 6.07 Å². The number of benzene rings is 1. The second kappa shape index (κ2) is 1.88. The lowest BCUT2D eigenvalue weighted by atomic mass is 10.3. The molecule has 1 aromatic heterocycles. The molecule has 2 aromatic rings. The Kier molecular flexibility index (Phi) is 1.03. The highest BCUT2D eigenvalue weighted by atomic mass is 15.3. The molecule has 1 heterocycles. The highest BCUT2D eigenvalue weighted by molar-refractivity contribution is 5.78. The van der Waals surface area contributed by atoms with Crippen LogP contribution in [0.15, 0.2) is 24.5 Å². The first-order chi connectivity index (χ1) is 5.27. The summed E-state index contributed by atoms with van der Waals surface area (Å²) < 4.78 is 1.47. The predicted molar refractivity (Wildman–Crippen MR) is 44.3 cm³/mol. The van der Waals surface area contributed by atoms with Gasteiger partial charge in [-0.1, -0.05) is 0 Å². The minimum Gasteiger partial charge on any atom is -0.399 e. The van der Waals surface area contributed by atoms with E-state index < -0.39 is 0 Å². The minimum atomic E-state index is 0.705. The first-order valence-electron chi connectivity index (χ1n) is 3.25. The van der Waals surface area contributed by atoms with Crippen LogP contribution in [0.3, 0.4) is 0 Å². The van der Waals surface area contributed by atoms with Crippen molar-refractivity contribution >= 4 is 16.7 Å². The van der Waals surface area contributed by atoms with E-state index in [0.29, 0.717) is 5.69 Å². The van der Waals surface area contributed by atoms with Crippen LogP contribution in [0, 0.1) is 0 Å². The van der Waals surface area contributed by atoms with Gasteiger partial charge in [-0.3, -0.25) is 0 Å². The van der Waals surface area contributed by atoms with Crippen LogP contribution in [0.2, 0.25) is 0 Å². The van der Waals surface area contributed by atoms with Crippen LogP contribution in [-0.2, 0) is 0 Å². The van der Waals surface area contributed by atoms with Gasteiger partial charge in [0.2, 0.25) is 0 Å². The lowest BCUT2D eigenvalue weighted by molar-refractivity contribution is 1.04. The zero-order valence-corrected chi connectivity index (χ0v) is 5.86. The molecule has 4 N–H and O–H groups in total. The summed E-state index contributed by atoms with van der Waals surface area (Å²) in [6.07, 6.45) is 1.56. The first kappa shape index (κ1) is 6.03. The second-order valence-corrected chi connectivity index (χ2v) is 2.40. The number of imidazole rings is 1. The predicted octanol–water partition coefficient (Wildman–Crippen LogP) is 0.332. The third kappa shape index (κ3) is 0.797. The molecule has 0 radical (unpaired) electrons. The van der Waals surface area contributed by atoms with E-state index in [9.17, 15) is 0 Å². The molecule has 56 valence electrons. The molecule has 0 saturated carbocycles. The van der Waals surface area contributed by atoms with Crippen LogP contribution in [-0.4, -0.2) is 9.66 Å². The molecule has 0 aliphatic carbocycles. The zero-order chi connectivity index (χ0) is 7.84. The zero-order valence-electron chi connectivity index (χ0n) is 5.86. The quantitative estimate of drug-likeness (QED) is 0.418. The van der Waals surface area contributed by atoms with E-state index in [4.69, 9.17) is 11.6 Å². The monoisotopic (exact) mass is 148 g/mol. The molecule has 0 aliphatic rings. The van der Waals surface area contributed by atoms with Crippen molar-refractivity contribution in [2.75, 3.05) is 11.6 Å². The van der Waals surface area contributed by atoms with Crippen molar-refractivity contribution < 1.29 is 0 Å². The van der Waals surface area contributed by atoms with Gasteiger partial charge in [-0.05, 0) is 18.2 Å². The van der Waals surface area contributed by atoms with Crippen LogP contribution in [0.25, 0.3) is 11.0 Å². The number of aromatic nitrogens is 2. The average molecular weight is 148 g/mol. The van der Waals surface area contributed by atoms with Gasteiger partial charge < -0.3 is 11.6 Å². The van der Waals surface area contributed by atoms with E-state index in [2.05, 4.69) is 4.98 Å². The molecule has 0 fully saturated rings. The first-order valence-corrected chi connectivity index (χ1v) is 3.25. The van der Waals surface area contributed by atoms with Gasteiger partial charge in [0.1, 0.15) is 6.33 Å². The van der Waals surface area contributed by atoms with Gasteiger partial charge in [0.05, 0.1) is 11.0 Å². The summed E-state index contributed by atoms with van der Waals surface area (Å²) in [5.41, 5.74) is 7.96. The van der Waals surface area contributed by atoms with E-state index in [0.717, 1.165) is 11.0 Å². The highest BCUT2D eigenvalue weighted by Crippen LogP contribution is 2.13. The number of nitrogen functional groups attached to an aromatic ring is 2. The maximum Gasteiger partial charge on any atom is 0.115 e. The maximum absolute atomic E-state index is 5.54. The van der Waals surface area contributed by atoms with E-state index in [1.54, 1.807) is 18.5 Å². The molecule has 1 aromatic carbocycles. The van der Waals surface area contributed by atoms with Crippen molar-refractivity contribution in [1.29, 1.82) is 0 Å². The number of nitrogens with zero attached hydrogens (tertiary/aromatic N) is 2. The smallest absolute Gasteiger partial charge is 0.115 e. The number of fused-ring (bicyclic) bond motifs is 1. The third-order valence-corrected chi connectivity index (χ3v) is 1.60. The van der Waals surface area contributed by atoms with Crippen molar-refractivity contribution in [2.45, 2.75) is 0 Å². The van der Waals surface area contributed by atoms with E-state index >= 15 is 0 Å². The van der Waals surface area contributed by atoms with Crippen molar-refractivity contribution in [2.24, 2.45) is 0 Å². The van der Waals surface area contributed by atoms with E-state index in [1.165, 1.54) is 4.68 Å². The molecule has 0 aliphatic heterocycles. The maximum atomic E-state index is 5.54. The number of hydrogen-bond acceptors (Lipinski definition) is 3. The van der Waals surface area contributed by atoms with Crippen molar-refractivity contribution in [1.82, 2.24) is 9.66 Å².